The third-order valence-electron chi connectivity index (χ3n) is 5.04. The van der Waals surface area contributed by atoms with Crippen molar-refractivity contribution in [1.29, 1.82) is 0 Å². The molecule has 3 atom stereocenters. The van der Waals surface area contributed by atoms with Gasteiger partial charge >= 0.3 is 0 Å². The van der Waals surface area contributed by atoms with Crippen molar-refractivity contribution >= 4 is 0 Å². The fourth-order valence-electron chi connectivity index (χ4n) is 3.95. The van der Waals surface area contributed by atoms with Gasteiger partial charge < -0.3 is 10.1 Å². The van der Waals surface area contributed by atoms with E-state index < -0.39 is 0 Å². The van der Waals surface area contributed by atoms with Crippen LogP contribution in [-0.2, 0) is 6.42 Å². The minimum Gasteiger partial charge on any atom is -0.497 e. The van der Waals surface area contributed by atoms with Gasteiger partial charge in [0, 0.05) is 12.1 Å². The van der Waals surface area contributed by atoms with Gasteiger partial charge in [0.15, 0.2) is 0 Å². The van der Waals surface area contributed by atoms with Crippen molar-refractivity contribution in [3.63, 3.8) is 0 Å². The lowest BCUT2D eigenvalue weighted by Gasteiger charge is -2.34. The topological polar surface area (TPSA) is 21.3 Å². The highest BCUT2D eigenvalue weighted by atomic mass is 16.5. The van der Waals surface area contributed by atoms with Crippen LogP contribution in [0.15, 0.2) is 18.2 Å². The summed E-state index contributed by atoms with van der Waals surface area (Å²) in [7, 11) is 1.76. The highest BCUT2D eigenvalue weighted by Crippen LogP contribution is 2.34. The molecule has 110 valence electrons. The van der Waals surface area contributed by atoms with Gasteiger partial charge in [0.2, 0.25) is 0 Å². The van der Waals surface area contributed by atoms with E-state index in [4.69, 9.17) is 4.74 Å². The van der Waals surface area contributed by atoms with Crippen molar-refractivity contribution < 1.29 is 4.74 Å². The molecule has 2 aliphatic rings. The van der Waals surface area contributed by atoms with Crippen LogP contribution in [0.5, 0.6) is 5.75 Å². The largest absolute Gasteiger partial charge is 0.497 e. The molecule has 0 heterocycles. The van der Waals surface area contributed by atoms with Crippen LogP contribution in [-0.4, -0.2) is 13.2 Å². The minimum absolute atomic E-state index is 0.532. The molecular weight excluding hydrogens is 246 g/mol. The molecule has 1 aromatic carbocycles. The number of hydrogen-bond acceptors (Lipinski definition) is 2. The minimum atomic E-state index is 0.532. The number of rotatable bonds is 3. The molecule has 1 N–H and O–H groups in total. The molecule has 2 aliphatic carbocycles. The Labute approximate surface area is 122 Å². The van der Waals surface area contributed by atoms with Crippen LogP contribution < -0.4 is 10.1 Å². The van der Waals surface area contributed by atoms with Gasteiger partial charge in [-0.15, -0.1) is 0 Å². The summed E-state index contributed by atoms with van der Waals surface area (Å²) in [6.07, 6.45) is 9.28. The maximum atomic E-state index is 5.41. The molecule has 1 fully saturated rings. The van der Waals surface area contributed by atoms with Crippen LogP contribution in [0.25, 0.3) is 0 Å². The summed E-state index contributed by atoms with van der Waals surface area (Å²) in [5.74, 6) is 1.88. The number of fused-ring (bicyclic) bond motifs is 1. The van der Waals surface area contributed by atoms with Crippen LogP contribution in [0.1, 0.15) is 62.6 Å². The lowest BCUT2D eigenvalue weighted by molar-refractivity contribution is 0.271. The zero-order chi connectivity index (χ0) is 13.9. The molecule has 3 unspecified atom stereocenters. The molecule has 2 heteroatoms. The van der Waals surface area contributed by atoms with Crippen molar-refractivity contribution in [2.24, 2.45) is 5.92 Å². The molecule has 0 bridgehead atoms. The van der Waals surface area contributed by atoms with Gasteiger partial charge in [-0.05, 0) is 61.3 Å². The first-order chi connectivity index (χ1) is 9.76. The lowest BCUT2D eigenvalue weighted by Crippen LogP contribution is -2.37. The molecule has 20 heavy (non-hydrogen) atoms. The second kappa shape index (κ2) is 6.17. The normalized spacial score (nSPS) is 29.8. The first-order valence-corrected chi connectivity index (χ1v) is 8.19. The van der Waals surface area contributed by atoms with Crippen LogP contribution in [0.3, 0.4) is 0 Å². The molecule has 0 aliphatic heterocycles. The smallest absolute Gasteiger partial charge is 0.119 e. The van der Waals surface area contributed by atoms with Crippen LogP contribution in [0.2, 0.25) is 0 Å². The SMILES string of the molecule is COc1ccc2c(c1)C(NC1CCCC(C)C1)CCC2. The monoisotopic (exact) mass is 273 g/mol. The molecular formula is C18H27NO. The Kier molecular flexibility index (Phi) is 4.30. The van der Waals surface area contributed by atoms with Crippen LogP contribution in [0, 0.1) is 5.92 Å². The average Bonchev–Trinajstić information content (AvgIpc) is 2.47. The second-order valence-electron chi connectivity index (χ2n) is 6.64. The number of hydrogen-bond donors (Lipinski definition) is 1. The van der Waals surface area contributed by atoms with E-state index in [1.807, 2.05) is 0 Å². The molecule has 0 aromatic heterocycles. The highest BCUT2D eigenvalue weighted by molar-refractivity contribution is 5.39. The van der Waals surface area contributed by atoms with E-state index in [1.165, 1.54) is 56.1 Å². The molecule has 0 amide bonds. The Morgan fingerprint density at radius 3 is 2.85 bits per heavy atom. The highest BCUT2D eigenvalue weighted by Gasteiger charge is 2.25. The number of nitrogens with one attached hydrogen (secondary N) is 1. The summed E-state index contributed by atoms with van der Waals surface area (Å²) >= 11 is 0. The summed E-state index contributed by atoms with van der Waals surface area (Å²) in [4.78, 5) is 0. The summed E-state index contributed by atoms with van der Waals surface area (Å²) in [5, 5.41) is 3.94. The fraction of sp³-hybridized carbons (Fsp3) is 0.667. The van der Waals surface area contributed by atoms with Gasteiger partial charge in [0.1, 0.15) is 5.75 Å². The van der Waals surface area contributed by atoms with E-state index in [2.05, 4.69) is 30.4 Å². The van der Waals surface area contributed by atoms with E-state index in [-0.39, 0.29) is 0 Å². The van der Waals surface area contributed by atoms with Crippen molar-refractivity contribution in [1.82, 2.24) is 5.32 Å². The third kappa shape index (κ3) is 3.01. The second-order valence-corrected chi connectivity index (χ2v) is 6.64. The first kappa shape index (κ1) is 13.9. The third-order valence-corrected chi connectivity index (χ3v) is 5.04. The Morgan fingerprint density at radius 2 is 2.05 bits per heavy atom. The zero-order valence-electron chi connectivity index (χ0n) is 12.8. The molecule has 1 saturated carbocycles. The van der Waals surface area contributed by atoms with Crippen molar-refractivity contribution in [2.75, 3.05) is 7.11 Å². The van der Waals surface area contributed by atoms with Gasteiger partial charge in [-0.25, -0.2) is 0 Å². The molecule has 2 nitrogen and oxygen atoms in total. The average molecular weight is 273 g/mol. The van der Waals surface area contributed by atoms with E-state index in [0.717, 1.165) is 11.7 Å². The molecule has 0 spiro atoms. The van der Waals surface area contributed by atoms with Crippen molar-refractivity contribution in [3.8, 4) is 5.75 Å². The summed E-state index contributed by atoms with van der Waals surface area (Å²) in [6.45, 7) is 2.39. The maximum Gasteiger partial charge on any atom is 0.119 e. The van der Waals surface area contributed by atoms with E-state index >= 15 is 0 Å². The molecule has 3 rings (SSSR count). The molecule has 1 aromatic rings. The van der Waals surface area contributed by atoms with Crippen molar-refractivity contribution in [2.45, 2.75) is 64.0 Å². The summed E-state index contributed by atoms with van der Waals surface area (Å²) in [6, 6.07) is 7.85. The van der Waals surface area contributed by atoms with Gasteiger partial charge in [0.25, 0.3) is 0 Å². The number of ether oxygens (including phenoxy) is 1. The summed E-state index contributed by atoms with van der Waals surface area (Å²) < 4.78 is 5.41. The van der Waals surface area contributed by atoms with E-state index in [9.17, 15) is 0 Å². The lowest BCUT2D eigenvalue weighted by atomic mass is 9.83. The van der Waals surface area contributed by atoms with Gasteiger partial charge in [-0.3, -0.25) is 0 Å². The Bertz CT molecular complexity index is 457. The standard InChI is InChI=1S/C18H27NO/c1-13-5-3-7-15(11-13)19-18-8-4-6-14-9-10-16(20-2)12-17(14)18/h9-10,12-13,15,18-19H,3-8,11H2,1-2H3. The van der Waals surface area contributed by atoms with Crippen LogP contribution in [0.4, 0.5) is 0 Å². The predicted octanol–water partition coefficient (Wildman–Crippen LogP) is 4.24. The van der Waals surface area contributed by atoms with Gasteiger partial charge in [-0.2, -0.15) is 0 Å². The summed E-state index contributed by atoms with van der Waals surface area (Å²) in [5.41, 5.74) is 2.99. The maximum absolute atomic E-state index is 5.41. The number of methoxy groups -OCH3 is 1. The Morgan fingerprint density at radius 1 is 1.15 bits per heavy atom. The zero-order valence-corrected chi connectivity index (χ0v) is 12.8. The Hall–Kier alpha value is -1.02. The van der Waals surface area contributed by atoms with E-state index in [0.29, 0.717) is 12.1 Å². The van der Waals surface area contributed by atoms with E-state index in [1.54, 1.807) is 7.11 Å². The first-order valence-electron chi connectivity index (χ1n) is 8.19. The predicted molar refractivity (Wildman–Crippen MR) is 83.2 cm³/mol. The fourth-order valence-corrected chi connectivity index (χ4v) is 3.95. The van der Waals surface area contributed by atoms with Gasteiger partial charge in [-0.1, -0.05) is 25.8 Å². The molecule has 0 radical (unpaired) electrons. The molecule has 0 saturated heterocycles. The van der Waals surface area contributed by atoms with Crippen LogP contribution >= 0.6 is 0 Å². The van der Waals surface area contributed by atoms with Gasteiger partial charge in [0.05, 0.1) is 7.11 Å². The number of benzene rings is 1. The number of aryl methyl sites for hydroxylation is 1. The van der Waals surface area contributed by atoms with Crippen molar-refractivity contribution in [3.05, 3.63) is 29.3 Å². The quantitative estimate of drug-likeness (QED) is 0.889. The Balaban J connectivity index is 1.75.